The maximum atomic E-state index is 14.2. The van der Waals surface area contributed by atoms with Crippen molar-refractivity contribution in [1.29, 1.82) is 0 Å². The zero-order valence-electron chi connectivity index (χ0n) is 46.8. The van der Waals surface area contributed by atoms with Gasteiger partial charge in [0.2, 0.25) is 0 Å². The number of hydrogen-bond donors (Lipinski definition) is 1. The maximum absolute atomic E-state index is 14.2. The van der Waals surface area contributed by atoms with Crippen molar-refractivity contribution >= 4 is 11.8 Å². The summed E-state index contributed by atoms with van der Waals surface area (Å²) in [5, 5.41) is 3.16. The van der Waals surface area contributed by atoms with Crippen molar-refractivity contribution in [3.05, 3.63) is 138 Å². The molecule has 0 amide bonds. The van der Waals surface area contributed by atoms with Crippen molar-refractivity contribution in [2.24, 2.45) is 34.1 Å². The number of benzene rings is 1. The monoisotopic (exact) mass is 899 g/mol. The number of halogens is 1. The van der Waals surface area contributed by atoms with Crippen LogP contribution in [0, 0.1) is 36.0 Å². The molecule has 3 rings (SSSR count). The van der Waals surface area contributed by atoms with E-state index in [1.54, 1.807) is 18.4 Å². The van der Waals surface area contributed by atoms with Crippen molar-refractivity contribution in [1.82, 2.24) is 5.32 Å². The van der Waals surface area contributed by atoms with Gasteiger partial charge in [0.15, 0.2) is 0 Å². The molecule has 1 aromatic rings. The van der Waals surface area contributed by atoms with Crippen LogP contribution in [0.3, 0.4) is 0 Å². The molecule has 0 aliphatic heterocycles. The molecule has 0 radical (unpaired) electrons. The fraction of sp³-hybridized carbons (Fsp3) is 0.597. The number of nitrogens with one attached hydrogen (secondary N) is 1. The first-order valence-electron chi connectivity index (χ1n) is 25.4. The van der Waals surface area contributed by atoms with Crippen molar-refractivity contribution in [3.8, 4) is 0 Å². The molecular weight excluding hydrogens is 792 g/mol. The van der Waals surface area contributed by atoms with E-state index >= 15 is 0 Å². The van der Waals surface area contributed by atoms with E-state index in [0.29, 0.717) is 11.1 Å². The highest BCUT2D eigenvalue weighted by atomic mass is 19.1. The van der Waals surface area contributed by atoms with Crippen LogP contribution in [0.15, 0.2) is 127 Å². The summed E-state index contributed by atoms with van der Waals surface area (Å²) >= 11 is 0. The fourth-order valence-corrected chi connectivity index (χ4v) is 7.71. The van der Waals surface area contributed by atoms with Gasteiger partial charge in [0, 0.05) is 17.3 Å². The molecule has 0 aromatic heterocycles. The average molecular weight is 900 g/mol. The molecule has 1 unspecified atom stereocenters. The molecule has 1 aromatic carbocycles. The molecule has 0 saturated heterocycles. The molecule has 0 bridgehead atoms. The molecular formula is C62H107FN2. The number of hydrogen-bond acceptors (Lipinski definition) is 2. The van der Waals surface area contributed by atoms with E-state index in [4.69, 9.17) is 0 Å². The van der Waals surface area contributed by atoms with Gasteiger partial charge in [0.1, 0.15) is 5.83 Å². The minimum Gasteiger partial charge on any atom is -0.356 e. The summed E-state index contributed by atoms with van der Waals surface area (Å²) in [7, 11) is 0. The largest absolute Gasteiger partial charge is 0.356 e. The summed E-state index contributed by atoms with van der Waals surface area (Å²) in [5.41, 5.74) is 10.5. The lowest BCUT2D eigenvalue weighted by Gasteiger charge is -2.36. The van der Waals surface area contributed by atoms with Crippen molar-refractivity contribution in [3.63, 3.8) is 0 Å². The second-order valence-corrected chi connectivity index (χ2v) is 19.4. The van der Waals surface area contributed by atoms with Crippen LogP contribution >= 0.6 is 0 Å². The van der Waals surface area contributed by atoms with Crippen molar-refractivity contribution < 1.29 is 4.39 Å². The minimum atomic E-state index is -0.411. The molecule has 2 fully saturated rings. The first-order valence-corrected chi connectivity index (χ1v) is 25.4. The predicted molar refractivity (Wildman–Crippen MR) is 301 cm³/mol. The normalized spacial score (nSPS) is 17.2. The summed E-state index contributed by atoms with van der Waals surface area (Å²) < 4.78 is 14.2. The van der Waals surface area contributed by atoms with Gasteiger partial charge in [-0.05, 0) is 169 Å². The van der Waals surface area contributed by atoms with Crippen LogP contribution in [0.4, 0.5) is 4.39 Å². The van der Waals surface area contributed by atoms with Gasteiger partial charge < -0.3 is 5.32 Å². The van der Waals surface area contributed by atoms with Crippen LogP contribution in [0.25, 0.3) is 5.57 Å². The quantitative estimate of drug-likeness (QED) is 0.0940. The lowest BCUT2D eigenvalue weighted by Crippen LogP contribution is -2.27. The van der Waals surface area contributed by atoms with Crippen LogP contribution in [0.5, 0.6) is 0 Å². The topological polar surface area (TPSA) is 24.4 Å². The molecule has 372 valence electrons. The van der Waals surface area contributed by atoms with Crippen LogP contribution in [-0.2, 0) is 5.41 Å². The van der Waals surface area contributed by atoms with Gasteiger partial charge in [-0.25, -0.2) is 4.39 Å². The molecule has 2 aliphatic rings. The minimum absolute atomic E-state index is 0.00677. The van der Waals surface area contributed by atoms with Gasteiger partial charge in [0.05, 0.1) is 11.4 Å². The van der Waals surface area contributed by atoms with E-state index in [2.05, 4.69) is 165 Å². The Kier molecular flexibility index (Phi) is 40.1. The summed E-state index contributed by atoms with van der Waals surface area (Å²) in [6, 6.07) is 6.59. The zero-order valence-corrected chi connectivity index (χ0v) is 46.8. The smallest absolute Gasteiger partial charge is 0.146 e. The summed E-state index contributed by atoms with van der Waals surface area (Å²) in [5.74, 6) is 3.39. The van der Waals surface area contributed by atoms with Crippen LogP contribution in [0.1, 0.15) is 219 Å². The first-order chi connectivity index (χ1) is 30.5. The Balaban J connectivity index is -0.000000509. The van der Waals surface area contributed by atoms with Gasteiger partial charge in [-0.15, -0.1) is 13.2 Å². The highest BCUT2D eigenvalue weighted by Gasteiger charge is 2.31. The van der Waals surface area contributed by atoms with Gasteiger partial charge in [-0.1, -0.05) is 177 Å². The highest BCUT2D eigenvalue weighted by Crippen LogP contribution is 2.41. The third kappa shape index (κ3) is 28.2. The summed E-state index contributed by atoms with van der Waals surface area (Å²) in [6.07, 6.45) is 22.8. The Hall–Kier alpha value is -3.72. The number of rotatable bonds is 17. The Morgan fingerprint density at radius 3 is 1.66 bits per heavy atom. The van der Waals surface area contributed by atoms with Gasteiger partial charge in [-0.2, -0.15) is 0 Å². The van der Waals surface area contributed by atoms with E-state index in [1.807, 2.05) is 47.6 Å². The Morgan fingerprint density at radius 1 is 0.877 bits per heavy atom. The Morgan fingerprint density at radius 2 is 1.38 bits per heavy atom. The molecule has 2 aliphatic carbocycles. The second-order valence-electron chi connectivity index (χ2n) is 19.4. The first kappa shape index (κ1) is 67.9. The van der Waals surface area contributed by atoms with E-state index in [1.165, 1.54) is 79.7 Å². The SMILES string of the molecule is C=C.C=C(C)C1CCC1.C=C/C(F)=C(\C=C/C)N/C(C)=C(C)/C(=C\C(=C)c1ccc(C(CC)(CCC)C(=C)C)c(C)c1)N=CC.CC.CC(C)C.CC1CC(C)C1.CCCC(C)(C)CC. The molecule has 3 heteroatoms. The molecule has 1 N–H and O–H groups in total. The van der Waals surface area contributed by atoms with Gasteiger partial charge in [0.25, 0.3) is 0 Å². The second kappa shape index (κ2) is 38.4. The fourth-order valence-electron chi connectivity index (χ4n) is 7.71. The number of allylic oxidation sites excluding steroid dienone is 10. The third-order valence-corrected chi connectivity index (χ3v) is 12.1. The molecule has 0 heterocycles. The van der Waals surface area contributed by atoms with E-state index in [9.17, 15) is 4.39 Å². The lowest BCUT2D eigenvalue weighted by atomic mass is 9.68. The lowest BCUT2D eigenvalue weighted by molar-refractivity contribution is 0.233. The molecule has 0 spiro atoms. The molecule has 65 heavy (non-hydrogen) atoms. The van der Waals surface area contributed by atoms with Crippen LogP contribution in [-0.4, -0.2) is 6.21 Å². The number of aliphatic imine (C=N–C) groups is 1. The van der Waals surface area contributed by atoms with Crippen molar-refractivity contribution in [2.75, 3.05) is 0 Å². The highest BCUT2D eigenvalue weighted by molar-refractivity contribution is 5.75. The summed E-state index contributed by atoms with van der Waals surface area (Å²) in [4.78, 5) is 4.59. The summed E-state index contributed by atoms with van der Waals surface area (Å²) in [6.45, 7) is 64.9. The standard InChI is InChI=1S/C33H45FN2.C8H18.C7H12.C6H12.C4H10.C2H6.C2H4/c1-12-17-31(30(34)14-3)36-27(11)26(10)32(35-16-5)22-24(8)28-18-19-29(25(9)21-28)33(15-4,20-13-2)23(6)7;1-5-7-8(3,4)6-2;1-6(2)7-4-3-5-7;1-5-3-6(2)4-5;1-4(2)3;2*1-2/h12,14,16-19,21-22,36H,3,6,8,13,15,20H2,1-2,4-5,7,9-11H3;5-7H2,1-4H3;7H,1,3-5H2,2H3;5-6H,3-4H2,1-2H3;4H,1-3H3;1-2H3;1-2H2/b17-12-,27-26+,31-30-,32-22+,35-16?;;;;;;. The molecule has 1 atom stereocenters. The molecule has 2 saturated carbocycles. The third-order valence-electron chi connectivity index (χ3n) is 12.1. The maximum Gasteiger partial charge on any atom is 0.146 e. The van der Waals surface area contributed by atoms with Gasteiger partial charge in [-0.3, -0.25) is 4.99 Å². The Bertz CT molecular complexity index is 1640. The van der Waals surface area contributed by atoms with E-state index < -0.39 is 5.83 Å². The van der Waals surface area contributed by atoms with Crippen LogP contribution in [0.2, 0.25) is 0 Å². The number of nitrogens with zero attached hydrogens (tertiary/aromatic N) is 1. The predicted octanol–water partition coefficient (Wildman–Crippen LogP) is 21.0. The van der Waals surface area contributed by atoms with Crippen LogP contribution < -0.4 is 5.32 Å². The number of aryl methyl sites for hydroxylation is 1. The van der Waals surface area contributed by atoms with Gasteiger partial charge >= 0.3 is 0 Å². The van der Waals surface area contributed by atoms with E-state index in [-0.39, 0.29) is 5.41 Å². The average Bonchev–Trinajstić information content (AvgIpc) is 3.22. The zero-order chi connectivity index (χ0) is 51.5. The van der Waals surface area contributed by atoms with Crippen molar-refractivity contribution in [2.45, 2.75) is 215 Å². The Labute approximate surface area is 406 Å². The van der Waals surface area contributed by atoms with E-state index in [0.717, 1.165) is 71.0 Å². The molecule has 2 nitrogen and oxygen atoms in total.